The van der Waals surface area contributed by atoms with Crippen molar-refractivity contribution in [3.8, 4) is 0 Å². The van der Waals surface area contributed by atoms with E-state index in [0.29, 0.717) is 9.76 Å². The van der Waals surface area contributed by atoms with Gasteiger partial charge in [-0.15, -0.1) is 0 Å². The van der Waals surface area contributed by atoms with Crippen LogP contribution in [0.25, 0.3) is 0 Å². The standard InChI is InChI=1S/C2H4Cl2OSi/c1-6-5-2(3)4/h2H,1H3. The summed E-state index contributed by atoms with van der Waals surface area (Å²) in [4.78, 5) is 0. The normalized spacial score (nSPS) is 10.0. The largest absolute Gasteiger partial charge is 0.391 e. The Bertz CT molecular complexity index is 32.7. The first-order valence-electron chi connectivity index (χ1n) is 1.38. The zero-order chi connectivity index (χ0) is 4.99. The molecule has 2 radical (unpaired) electrons. The van der Waals surface area contributed by atoms with Crippen LogP contribution in [0.2, 0.25) is 6.55 Å². The highest BCUT2D eigenvalue weighted by Gasteiger charge is 1.91. The summed E-state index contributed by atoms with van der Waals surface area (Å²) in [5.41, 5.74) is 0. The third kappa shape index (κ3) is 4.76. The molecule has 0 aliphatic heterocycles. The smallest absolute Gasteiger partial charge is 0.229 e. The van der Waals surface area contributed by atoms with Crippen LogP contribution in [-0.4, -0.2) is 14.8 Å². The first-order chi connectivity index (χ1) is 2.77. The molecular formula is C2H4Cl2OSi. The van der Waals surface area contributed by atoms with Gasteiger partial charge in [0.05, 0.1) is 0 Å². The summed E-state index contributed by atoms with van der Waals surface area (Å²) in [6, 6.07) is 0. The molecule has 0 aliphatic rings. The Morgan fingerprint density at radius 3 is 2.17 bits per heavy atom. The molecule has 0 N–H and O–H groups in total. The minimum atomic E-state index is -0.645. The van der Waals surface area contributed by atoms with Gasteiger partial charge in [0.25, 0.3) is 0 Å². The molecule has 0 fully saturated rings. The molecule has 0 atom stereocenters. The lowest BCUT2D eigenvalue weighted by Gasteiger charge is -1.94. The van der Waals surface area contributed by atoms with Crippen LogP contribution >= 0.6 is 23.2 Å². The van der Waals surface area contributed by atoms with Gasteiger partial charge in [-0.05, 0) is 6.55 Å². The van der Waals surface area contributed by atoms with Gasteiger partial charge in [-0.1, -0.05) is 23.2 Å². The van der Waals surface area contributed by atoms with Gasteiger partial charge in [0.15, 0.2) is 5.02 Å². The second-order valence-corrected chi connectivity index (χ2v) is 2.24. The van der Waals surface area contributed by atoms with Crippen LogP contribution in [0.15, 0.2) is 0 Å². The maximum atomic E-state index is 5.13. The average Bonchev–Trinajstić information content (AvgIpc) is 1.35. The Labute approximate surface area is 49.5 Å². The Kier molecular flexibility index (Phi) is 4.43. The van der Waals surface area contributed by atoms with E-state index in [1.54, 1.807) is 0 Å². The van der Waals surface area contributed by atoms with Gasteiger partial charge >= 0.3 is 0 Å². The SMILES string of the molecule is C[Si]OC(Cl)Cl. The van der Waals surface area contributed by atoms with Crippen LogP contribution in [0.1, 0.15) is 0 Å². The molecular weight excluding hydrogens is 139 g/mol. The van der Waals surface area contributed by atoms with Crippen molar-refractivity contribution in [3.05, 3.63) is 0 Å². The van der Waals surface area contributed by atoms with Gasteiger partial charge in [0.1, 0.15) is 0 Å². The second kappa shape index (κ2) is 3.93. The zero-order valence-corrected chi connectivity index (χ0v) is 5.75. The molecule has 0 amide bonds. The number of hydrogen-bond acceptors (Lipinski definition) is 1. The lowest BCUT2D eigenvalue weighted by molar-refractivity contribution is 0.380. The molecule has 0 saturated heterocycles. The molecule has 36 valence electrons. The molecule has 0 aliphatic carbocycles. The molecule has 1 nitrogen and oxygen atoms in total. The van der Waals surface area contributed by atoms with E-state index in [9.17, 15) is 0 Å². The van der Waals surface area contributed by atoms with Crippen molar-refractivity contribution in [2.45, 2.75) is 11.6 Å². The van der Waals surface area contributed by atoms with Gasteiger partial charge in [-0.2, -0.15) is 0 Å². The van der Waals surface area contributed by atoms with Gasteiger partial charge in [0, 0.05) is 0 Å². The number of alkyl halides is 2. The van der Waals surface area contributed by atoms with Crippen LogP contribution in [0.4, 0.5) is 0 Å². The highest BCUT2D eigenvalue weighted by atomic mass is 35.5. The summed E-state index contributed by atoms with van der Waals surface area (Å²) in [6.45, 7) is 1.86. The van der Waals surface area contributed by atoms with E-state index in [0.717, 1.165) is 0 Å². The van der Waals surface area contributed by atoms with E-state index in [4.69, 9.17) is 23.2 Å². The van der Waals surface area contributed by atoms with E-state index in [-0.39, 0.29) is 0 Å². The molecule has 0 heterocycles. The third-order valence-corrected chi connectivity index (χ3v) is 1.16. The minimum absolute atomic E-state index is 0.374. The molecule has 0 aromatic carbocycles. The van der Waals surface area contributed by atoms with Crippen LogP contribution in [-0.2, 0) is 4.43 Å². The fourth-order valence-electron chi connectivity index (χ4n) is 0.0891. The Balaban J connectivity index is 2.63. The monoisotopic (exact) mass is 142 g/mol. The average molecular weight is 143 g/mol. The van der Waals surface area contributed by atoms with Gasteiger partial charge in [0.2, 0.25) is 9.76 Å². The van der Waals surface area contributed by atoms with Gasteiger partial charge < -0.3 is 4.43 Å². The van der Waals surface area contributed by atoms with Crippen LogP contribution < -0.4 is 0 Å². The zero-order valence-electron chi connectivity index (χ0n) is 3.24. The first kappa shape index (κ1) is 6.76. The van der Waals surface area contributed by atoms with Gasteiger partial charge in [-0.3, -0.25) is 0 Å². The summed E-state index contributed by atoms with van der Waals surface area (Å²) < 4.78 is 4.60. The molecule has 0 unspecified atom stereocenters. The minimum Gasteiger partial charge on any atom is -0.391 e. The van der Waals surface area contributed by atoms with Gasteiger partial charge in [-0.25, -0.2) is 0 Å². The van der Waals surface area contributed by atoms with Crippen molar-refractivity contribution in [2.24, 2.45) is 0 Å². The summed E-state index contributed by atoms with van der Waals surface area (Å²) in [6.07, 6.45) is 0. The maximum absolute atomic E-state index is 5.13. The molecule has 0 rings (SSSR count). The molecule has 6 heavy (non-hydrogen) atoms. The third-order valence-electron chi connectivity index (χ3n) is 0.207. The summed E-state index contributed by atoms with van der Waals surface area (Å²) in [5.74, 6) is 0. The Morgan fingerprint density at radius 1 is 1.67 bits per heavy atom. The highest BCUT2D eigenvalue weighted by Crippen LogP contribution is 1.99. The van der Waals surface area contributed by atoms with Crippen molar-refractivity contribution in [2.75, 3.05) is 0 Å². The Morgan fingerprint density at radius 2 is 2.17 bits per heavy atom. The predicted molar refractivity (Wildman–Crippen MR) is 28.2 cm³/mol. The predicted octanol–water partition coefficient (Wildman–Crippen LogP) is 1.43. The fourth-order valence-corrected chi connectivity index (χ4v) is 0.802. The van der Waals surface area contributed by atoms with Crippen LogP contribution in [0.5, 0.6) is 0 Å². The van der Waals surface area contributed by atoms with E-state index in [1.165, 1.54) is 0 Å². The molecule has 4 heteroatoms. The fraction of sp³-hybridized carbons (Fsp3) is 1.00. The molecule has 0 aromatic heterocycles. The summed E-state index contributed by atoms with van der Waals surface area (Å²) >= 11 is 10.3. The van der Waals surface area contributed by atoms with E-state index in [2.05, 4.69) is 4.43 Å². The van der Waals surface area contributed by atoms with E-state index in [1.807, 2.05) is 6.55 Å². The lowest BCUT2D eigenvalue weighted by Crippen LogP contribution is -1.96. The van der Waals surface area contributed by atoms with Crippen LogP contribution in [0, 0.1) is 0 Å². The number of rotatable bonds is 2. The summed E-state index contributed by atoms with van der Waals surface area (Å²) in [5, 5.41) is -0.645. The van der Waals surface area contributed by atoms with Crippen molar-refractivity contribution in [1.82, 2.24) is 0 Å². The van der Waals surface area contributed by atoms with Crippen molar-refractivity contribution < 1.29 is 4.43 Å². The highest BCUT2D eigenvalue weighted by molar-refractivity contribution is 6.45. The lowest BCUT2D eigenvalue weighted by atomic mass is 11.7. The van der Waals surface area contributed by atoms with Crippen molar-refractivity contribution in [3.63, 3.8) is 0 Å². The topological polar surface area (TPSA) is 9.23 Å². The molecule has 0 spiro atoms. The summed E-state index contributed by atoms with van der Waals surface area (Å²) in [7, 11) is 0.374. The maximum Gasteiger partial charge on any atom is 0.229 e. The van der Waals surface area contributed by atoms with Crippen LogP contribution in [0.3, 0.4) is 0 Å². The Hall–Kier alpha value is 0.757. The molecule has 0 saturated carbocycles. The quantitative estimate of drug-likeness (QED) is 0.419. The number of halogens is 2. The van der Waals surface area contributed by atoms with Crippen molar-refractivity contribution in [1.29, 1.82) is 0 Å². The second-order valence-electron chi connectivity index (χ2n) is 0.583. The van der Waals surface area contributed by atoms with E-state index >= 15 is 0 Å². The van der Waals surface area contributed by atoms with E-state index < -0.39 is 5.02 Å². The molecule has 0 aromatic rings. The number of hydrogen-bond donors (Lipinski definition) is 0. The first-order valence-corrected chi connectivity index (χ1v) is 3.66. The van der Waals surface area contributed by atoms with Crippen molar-refractivity contribution >= 4 is 33.0 Å². The molecule has 0 bridgehead atoms.